The minimum Gasteiger partial charge on any atom is -0.389 e. The van der Waals surface area contributed by atoms with Crippen molar-refractivity contribution in [1.29, 1.82) is 0 Å². The second-order valence-corrected chi connectivity index (χ2v) is 5.07. The Balaban J connectivity index is 2.42. The molecule has 1 aromatic rings. The van der Waals surface area contributed by atoms with Gasteiger partial charge in [0.25, 0.3) is 0 Å². The van der Waals surface area contributed by atoms with E-state index in [1.54, 1.807) is 24.3 Å². The molecule has 0 aliphatic heterocycles. The van der Waals surface area contributed by atoms with Gasteiger partial charge in [0.1, 0.15) is 0 Å². The molecular weight excluding hydrogens is 250 g/mol. The summed E-state index contributed by atoms with van der Waals surface area (Å²) in [5, 5.41) is 23.8. The first-order valence-corrected chi connectivity index (χ1v) is 6.75. The number of hydrogen-bond acceptors (Lipinski definition) is 3. The van der Waals surface area contributed by atoms with Gasteiger partial charge in [0, 0.05) is 18.1 Å². The van der Waals surface area contributed by atoms with Crippen molar-refractivity contribution in [2.24, 2.45) is 0 Å². The topological polar surface area (TPSA) is 52.5 Å². The molecule has 0 bridgehead atoms. The molecule has 1 aromatic carbocycles. The summed E-state index contributed by atoms with van der Waals surface area (Å²) in [6, 6.07) is 7.13. The van der Waals surface area contributed by atoms with Gasteiger partial charge >= 0.3 is 0 Å². The Hall–Kier alpha value is -0.610. The van der Waals surface area contributed by atoms with Crippen LogP contribution in [0.3, 0.4) is 0 Å². The molecular formula is C14H22ClNO2. The highest BCUT2D eigenvalue weighted by atomic mass is 35.5. The van der Waals surface area contributed by atoms with Crippen LogP contribution in [0.1, 0.15) is 38.4 Å². The van der Waals surface area contributed by atoms with Crippen molar-refractivity contribution < 1.29 is 10.2 Å². The third-order valence-corrected chi connectivity index (χ3v) is 3.61. The molecule has 1 atom stereocenters. The summed E-state index contributed by atoms with van der Waals surface area (Å²) in [5.41, 5.74) is 0.142. The van der Waals surface area contributed by atoms with E-state index in [2.05, 4.69) is 5.32 Å². The Morgan fingerprint density at radius 2 is 1.78 bits per heavy atom. The molecule has 1 unspecified atom stereocenters. The molecule has 3 nitrogen and oxygen atoms in total. The first-order valence-electron chi connectivity index (χ1n) is 6.37. The number of halogens is 1. The Bertz CT molecular complexity index is 349. The van der Waals surface area contributed by atoms with Crippen LogP contribution in [0.15, 0.2) is 24.3 Å². The molecule has 0 radical (unpaired) electrons. The summed E-state index contributed by atoms with van der Waals surface area (Å²) in [4.78, 5) is 0. The molecule has 3 N–H and O–H groups in total. The first kappa shape index (κ1) is 15.4. The fraction of sp³-hybridized carbons (Fsp3) is 0.571. The van der Waals surface area contributed by atoms with Crippen LogP contribution >= 0.6 is 11.6 Å². The zero-order chi connectivity index (χ0) is 13.6. The number of rotatable bonds is 7. The summed E-state index contributed by atoms with van der Waals surface area (Å²) in [6.45, 7) is 4.83. The van der Waals surface area contributed by atoms with Crippen molar-refractivity contribution in [2.45, 2.75) is 38.4 Å². The molecule has 0 saturated heterocycles. The minimum atomic E-state index is -0.681. The highest BCUT2D eigenvalue weighted by molar-refractivity contribution is 6.30. The van der Waals surface area contributed by atoms with Crippen molar-refractivity contribution in [3.05, 3.63) is 34.9 Å². The standard InChI is InChI=1S/C14H22ClNO2/c1-3-14(18,4-2)10-16-9-13(17)11-5-7-12(15)8-6-11/h5-8,13,16-18H,3-4,9-10H2,1-2H3. The van der Waals surface area contributed by atoms with Crippen LogP contribution in [0.5, 0.6) is 0 Å². The van der Waals surface area contributed by atoms with Gasteiger partial charge in [0.2, 0.25) is 0 Å². The largest absolute Gasteiger partial charge is 0.389 e. The normalized spacial score (nSPS) is 13.6. The van der Waals surface area contributed by atoms with E-state index in [0.29, 0.717) is 31.0 Å². The Labute approximate surface area is 114 Å². The summed E-state index contributed by atoms with van der Waals surface area (Å²) in [5.74, 6) is 0. The maximum atomic E-state index is 10.1. The predicted octanol–water partition coefficient (Wildman–Crippen LogP) is 2.51. The van der Waals surface area contributed by atoms with Crippen molar-refractivity contribution in [3.8, 4) is 0 Å². The highest BCUT2D eigenvalue weighted by Crippen LogP contribution is 2.17. The lowest BCUT2D eigenvalue weighted by Gasteiger charge is -2.26. The summed E-state index contributed by atoms with van der Waals surface area (Å²) in [6.07, 6.45) is 0.821. The molecule has 0 amide bonds. The van der Waals surface area contributed by atoms with E-state index in [1.807, 2.05) is 13.8 Å². The average molecular weight is 272 g/mol. The van der Waals surface area contributed by atoms with Crippen molar-refractivity contribution >= 4 is 11.6 Å². The molecule has 102 valence electrons. The molecule has 0 heterocycles. The number of aliphatic hydroxyl groups excluding tert-OH is 1. The van der Waals surface area contributed by atoms with Crippen LogP contribution in [-0.4, -0.2) is 28.9 Å². The maximum Gasteiger partial charge on any atom is 0.0914 e. The van der Waals surface area contributed by atoms with Crippen LogP contribution < -0.4 is 5.32 Å². The molecule has 0 fully saturated rings. The van der Waals surface area contributed by atoms with Crippen molar-refractivity contribution in [2.75, 3.05) is 13.1 Å². The van der Waals surface area contributed by atoms with Crippen LogP contribution in [0.25, 0.3) is 0 Å². The van der Waals surface area contributed by atoms with Gasteiger partial charge in [-0.3, -0.25) is 0 Å². The van der Waals surface area contributed by atoms with Gasteiger partial charge in [-0.1, -0.05) is 37.6 Å². The lowest BCUT2D eigenvalue weighted by Crippen LogP contribution is -2.40. The molecule has 4 heteroatoms. The zero-order valence-electron chi connectivity index (χ0n) is 11.0. The monoisotopic (exact) mass is 271 g/mol. The van der Waals surface area contributed by atoms with E-state index >= 15 is 0 Å². The highest BCUT2D eigenvalue weighted by Gasteiger charge is 2.21. The average Bonchev–Trinajstić information content (AvgIpc) is 2.39. The van der Waals surface area contributed by atoms with E-state index in [-0.39, 0.29) is 0 Å². The van der Waals surface area contributed by atoms with E-state index in [4.69, 9.17) is 11.6 Å². The molecule has 0 aromatic heterocycles. The smallest absolute Gasteiger partial charge is 0.0914 e. The van der Waals surface area contributed by atoms with Gasteiger partial charge in [0.05, 0.1) is 11.7 Å². The van der Waals surface area contributed by atoms with E-state index in [1.165, 1.54) is 0 Å². The summed E-state index contributed by atoms with van der Waals surface area (Å²) < 4.78 is 0. The zero-order valence-corrected chi connectivity index (χ0v) is 11.7. The lowest BCUT2D eigenvalue weighted by atomic mass is 9.97. The lowest BCUT2D eigenvalue weighted by molar-refractivity contribution is 0.0293. The fourth-order valence-electron chi connectivity index (χ4n) is 1.74. The summed E-state index contributed by atoms with van der Waals surface area (Å²) >= 11 is 5.79. The van der Waals surface area contributed by atoms with E-state index in [0.717, 1.165) is 5.56 Å². The second-order valence-electron chi connectivity index (χ2n) is 4.63. The number of hydrogen-bond donors (Lipinski definition) is 3. The number of nitrogens with one attached hydrogen (secondary N) is 1. The third-order valence-electron chi connectivity index (χ3n) is 3.36. The van der Waals surface area contributed by atoms with Gasteiger partial charge in [-0.25, -0.2) is 0 Å². The van der Waals surface area contributed by atoms with Crippen LogP contribution in [0.2, 0.25) is 5.02 Å². The van der Waals surface area contributed by atoms with Gasteiger partial charge in [-0.05, 0) is 30.5 Å². The quantitative estimate of drug-likeness (QED) is 0.714. The third kappa shape index (κ3) is 4.58. The van der Waals surface area contributed by atoms with Gasteiger partial charge in [0.15, 0.2) is 0 Å². The number of aliphatic hydroxyl groups is 2. The number of benzene rings is 1. The minimum absolute atomic E-state index is 0.421. The first-order chi connectivity index (χ1) is 8.50. The van der Waals surface area contributed by atoms with Crippen LogP contribution in [-0.2, 0) is 0 Å². The van der Waals surface area contributed by atoms with Crippen molar-refractivity contribution in [3.63, 3.8) is 0 Å². The fourth-order valence-corrected chi connectivity index (χ4v) is 1.87. The Morgan fingerprint density at radius 1 is 1.22 bits per heavy atom. The van der Waals surface area contributed by atoms with Gasteiger partial charge in [-0.2, -0.15) is 0 Å². The Kier molecular flexibility index (Phi) is 6.09. The predicted molar refractivity (Wildman–Crippen MR) is 74.8 cm³/mol. The molecule has 18 heavy (non-hydrogen) atoms. The van der Waals surface area contributed by atoms with Crippen molar-refractivity contribution in [1.82, 2.24) is 5.32 Å². The molecule has 0 aliphatic rings. The summed E-state index contributed by atoms with van der Waals surface area (Å²) in [7, 11) is 0. The Morgan fingerprint density at radius 3 is 2.28 bits per heavy atom. The second kappa shape index (κ2) is 7.10. The van der Waals surface area contributed by atoms with Crippen LogP contribution in [0.4, 0.5) is 0 Å². The van der Waals surface area contributed by atoms with Gasteiger partial charge in [-0.15, -0.1) is 0 Å². The van der Waals surface area contributed by atoms with E-state index < -0.39 is 11.7 Å². The SMILES string of the molecule is CCC(O)(CC)CNCC(O)c1ccc(Cl)cc1. The molecule has 1 rings (SSSR count). The molecule has 0 saturated carbocycles. The molecule has 0 spiro atoms. The van der Waals surface area contributed by atoms with E-state index in [9.17, 15) is 10.2 Å². The van der Waals surface area contributed by atoms with Gasteiger partial charge < -0.3 is 15.5 Å². The molecule has 0 aliphatic carbocycles. The maximum absolute atomic E-state index is 10.1. The van der Waals surface area contributed by atoms with Crippen LogP contribution in [0, 0.1) is 0 Å².